The Morgan fingerprint density at radius 3 is 2.07 bits per heavy atom. The summed E-state index contributed by atoms with van der Waals surface area (Å²) in [5.41, 5.74) is 1.57. The highest BCUT2D eigenvalue weighted by Crippen LogP contribution is 2.48. The summed E-state index contributed by atoms with van der Waals surface area (Å²) in [6.45, 7) is 0.517. The molecule has 0 atom stereocenters. The molecule has 4 rings (SSSR count). The number of rotatable bonds is 4. The monoisotopic (exact) mass is 367 g/mol. The second-order valence-electron chi connectivity index (χ2n) is 6.49. The van der Waals surface area contributed by atoms with Gasteiger partial charge in [-0.05, 0) is 29.8 Å². The number of nitrogens with zero attached hydrogens (tertiary/aromatic N) is 1. The Balaban J connectivity index is 2.27. The van der Waals surface area contributed by atoms with Gasteiger partial charge < -0.3 is 23.8 Å². The van der Waals surface area contributed by atoms with E-state index < -0.39 is 0 Å². The summed E-state index contributed by atoms with van der Waals surface area (Å²) in [7, 11) is 8.27. The molecule has 140 valence electrons. The largest absolute Gasteiger partial charge is 0.496 e. The number of hydrogen-bond donors (Lipinski definition) is 0. The van der Waals surface area contributed by atoms with Gasteiger partial charge in [0.05, 0.1) is 33.8 Å². The zero-order chi connectivity index (χ0) is 19.3. The molecule has 0 aromatic heterocycles. The van der Waals surface area contributed by atoms with E-state index in [0.717, 1.165) is 27.1 Å². The first-order valence-electron chi connectivity index (χ1n) is 8.56. The Morgan fingerprint density at radius 1 is 0.815 bits per heavy atom. The number of carbonyl (C=O) groups is 1. The second kappa shape index (κ2) is 6.23. The van der Waals surface area contributed by atoms with Crippen molar-refractivity contribution >= 4 is 27.5 Å². The molecule has 1 heterocycles. The Labute approximate surface area is 157 Å². The summed E-state index contributed by atoms with van der Waals surface area (Å²) in [6, 6.07) is 7.54. The minimum atomic E-state index is -0.0232. The maximum atomic E-state index is 12.6. The number of fused-ring (bicyclic) bond motifs is 4. The predicted octanol–water partition coefficient (Wildman–Crippen LogP) is 3.61. The van der Waals surface area contributed by atoms with Gasteiger partial charge in [0.2, 0.25) is 0 Å². The summed E-state index contributed by atoms with van der Waals surface area (Å²) >= 11 is 0. The van der Waals surface area contributed by atoms with E-state index in [4.69, 9.17) is 18.9 Å². The van der Waals surface area contributed by atoms with E-state index in [1.165, 1.54) is 0 Å². The van der Waals surface area contributed by atoms with Gasteiger partial charge in [0.15, 0.2) is 0 Å². The highest BCUT2D eigenvalue weighted by molar-refractivity contribution is 6.16. The van der Waals surface area contributed by atoms with Crippen molar-refractivity contribution in [1.82, 2.24) is 4.90 Å². The summed E-state index contributed by atoms with van der Waals surface area (Å²) < 4.78 is 22.6. The van der Waals surface area contributed by atoms with Crippen molar-refractivity contribution in [3.8, 4) is 23.0 Å². The van der Waals surface area contributed by atoms with E-state index in [9.17, 15) is 4.79 Å². The molecule has 0 saturated carbocycles. The van der Waals surface area contributed by atoms with E-state index in [1.54, 1.807) is 46.5 Å². The molecule has 27 heavy (non-hydrogen) atoms. The number of carbonyl (C=O) groups excluding carboxylic acids is 1. The third kappa shape index (κ3) is 2.29. The van der Waals surface area contributed by atoms with E-state index >= 15 is 0 Å². The smallest absolute Gasteiger partial charge is 0.254 e. The Kier molecular flexibility index (Phi) is 3.98. The van der Waals surface area contributed by atoms with E-state index in [-0.39, 0.29) is 5.91 Å². The van der Waals surface area contributed by atoms with Crippen LogP contribution >= 0.6 is 0 Å². The van der Waals surface area contributed by atoms with Gasteiger partial charge in [-0.1, -0.05) is 0 Å². The van der Waals surface area contributed by atoms with Crippen molar-refractivity contribution in [2.75, 3.05) is 35.5 Å². The highest BCUT2D eigenvalue weighted by Gasteiger charge is 2.31. The summed E-state index contributed by atoms with van der Waals surface area (Å²) in [5, 5.41) is 3.40. The third-order valence-electron chi connectivity index (χ3n) is 5.18. The van der Waals surface area contributed by atoms with Crippen LogP contribution in [0, 0.1) is 0 Å². The average molecular weight is 367 g/mol. The molecule has 6 heteroatoms. The van der Waals surface area contributed by atoms with Gasteiger partial charge in [0.1, 0.15) is 23.0 Å². The topological polar surface area (TPSA) is 57.2 Å². The van der Waals surface area contributed by atoms with Gasteiger partial charge in [-0.25, -0.2) is 0 Å². The normalized spacial score (nSPS) is 13.2. The fourth-order valence-corrected chi connectivity index (χ4v) is 3.94. The average Bonchev–Trinajstić information content (AvgIpc) is 2.98. The van der Waals surface area contributed by atoms with Gasteiger partial charge in [-0.2, -0.15) is 0 Å². The lowest BCUT2D eigenvalue weighted by Crippen LogP contribution is -2.17. The molecule has 0 aliphatic carbocycles. The van der Waals surface area contributed by atoms with Crippen molar-refractivity contribution in [2.45, 2.75) is 6.54 Å². The van der Waals surface area contributed by atoms with Crippen LogP contribution in [-0.2, 0) is 6.54 Å². The molecule has 0 N–H and O–H groups in total. The van der Waals surface area contributed by atoms with Gasteiger partial charge >= 0.3 is 0 Å². The Hall–Kier alpha value is -3.15. The Morgan fingerprint density at radius 2 is 1.44 bits per heavy atom. The minimum absolute atomic E-state index is 0.0232. The van der Waals surface area contributed by atoms with Crippen molar-refractivity contribution < 1.29 is 23.7 Å². The number of hydrogen-bond acceptors (Lipinski definition) is 5. The molecular formula is C21H21NO5. The van der Waals surface area contributed by atoms with E-state index in [0.29, 0.717) is 35.1 Å². The van der Waals surface area contributed by atoms with Crippen LogP contribution in [0.5, 0.6) is 23.0 Å². The second-order valence-corrected chi connectivity index (χ2v) is 6.49. The predicted molar refractivity (Wildman–Crippen MR) is 103 cm³/mol. The van der Waals surface area contributed by atoms with Crippen LogP contribution in [0.3, 0.4) is 0 Å². The standard InChI is InChI=1S/C21H21NO5/c1-22-10-14-11(21(22)23)9-17(26-4)13-8-12-15(24-2)6-7-16(25-3)19(12)20(27-5)18(13)14/h6-9H,10H2,1-5H3. The fraction of sp³-hybridized carbons (Fsp3) is 0.286. The van der Waals surface area contributed by atoms with Gasteiger partial charge in [0.25, 0.3) is 5.91 Å². The number of benzene rings is 3. The first kappa shape index (κ1) is 17.3. The molecule has 0 spiro atoms. The molecule has 0 unspecified atom stereocenters. The summed E-state index contributed by atoms with van der Waals surface area (Å²) in [5.74, 6) is 2.64. The first-order valence-corrected chi connectivity index (χ1v) is 8.56. The molecule has 3 aromatic rings. The minimum Gasteiger partial charge on any atom is -0.496 e. The van der Waals surface area contributed by atoms with Crippen LogP contribution in [0.25, 0.3) is 21.5 Å². The van der Waals surface area contributed by atoms with Gasteiger partial charge in [-0.3, -0.25) is 4.79 Å². The lowest BCUT2D eigenvalue weighted by atomic mass is 9.94. The summed E-state index contributed by atoms with van der Waals surface area (Å²) in [6.07, 6.45) is 0. The maximum absolute atomic E-state index is 12.6. The van der Waals surface area contributed by atoms with Gasteiger partial charge in [0, 0.05) is 35.3 Å². The van der Waals surface area contributed by atoms with Crippen LogP contribution in [0.4, 0.5) is 0 Å². The third-order valence-corrected chi connectivity index (χ3v) is 5.18. The molecule has 0 saturated heterocycles. The molecule has 0 fully saturated rings. The van der Waals surface area contributed by atoms with Crippen LogP contribution in [0.1, 0.15) is 15.9 Å². The van der Waals surface area contributed by atoms with E-state index in [1.807, 2.05) is 18.2 Å². The van der Waals surface area contributed by atoms with Crippen LogP contribution < -0.4 is 18.9 Å². The van der Waals surface area contributed by atoms with Crippen LogP contribution in [-0.4, -0.2) is 46.3 Å². The van der Waals surface area contributed by atoms with E-state index in [2.05, 4.69) is 0 Å². The van der Waals surface area contributed by atoms with Gasteiger partial charge in [-0.15, -0.1) is 0 Å². The lowest BCUT2D eigenvalue weighted by Gasteiger charge is -2.18. The van der Waals surface area contributed by atoms with Crippen molar-refractivity contribution in [3.63, 3.8) is 0 Å². The molecule has 1 amide bonds. The first-order chi connectivity index (χ1) is 13.0. The fourth-order valence-electron chi connectivity index (χ4n) is 3.94. The lowest BCUT2D eigenvalue weighted by molar-refractivity contribution is 0.0816. The Bertz CT molecular complexity index is 1090. The molecule has 0 radical (unpaired) electrons. The molecule has 3 aromatic carbocycles. The zero-order valence-electron chi connectivity index (χ0n) is 16.0. The molecule has 6 nitrogen and oxygen atoms in total. The number of ether oxygens (including phenoxy) is 4. The SMILES string of the molecule is COc1ccc(OC)c2c(OC)c3c4c(cc(OC)c3cc12)C(=O)N(C)C4. The van der Waals surface area contributed by atoms with Crippen LogP contribution in [0.15, 0.2) is 24.3 Å². The maximum Gasteiger partial charge on any atom is 0.254 e. The molecule has 1 aliphatic heterocycles. The van der Waals surface area contributed by atoms with Crippen molar-refractivity contribution in [3.05, 3.63) is 35.4 Å². The molecule has 1 aliphatic rings. The van der Waals surface area contributed by atoms with Crippen molar-refractivity contribution in [2.24, 2.45) is 0 Å². The summed E-state index contributed by atoms with van der Waals surface area (Å²) in [4.78, 5) is 14.3. The highest BCUT2D eigenvalue weighted by atomic mass is 16.5. The van der Waals surface area contributed by atoms with Crippen LogP contribution in [0.2, 0.25) is 0 Å². The quantitative estimate of drug-likeness (QED) is 0.660. The molecular weight excluding hydrogens is 346 g/mol. The zero-order valence-corrected chi connectivity index (χ0v) is 16.0. The van der Waals surface area contributed by atoms with Crippen molar-refractivity contribution in [1.29, 1.82) is 0 Å². The number of amides is 1. The molecule has 0 bridgehead atoms. The number of methoxy groups -OCH3 is 4.